The van der Waals surface area contributed by atoms with E-state index in [1.165, 1.54) is 6.08 Å². The summed E-state index contributed by atoms with van der Waals surface area (Å²) in [5, 5.41) is -0.645. The monoisotopic (exact) mass is 378 g/mol. The molecule has 8 heteroatoms. The minimum absolute atomic E-state index is 0.510. The van der Waals surface area contributed by atoms with Crippen molar-refractivity contribution in [2.75, 3.05) is 0 Å². The van der Waals surface area contributed by atoms with Crippen LogP contribution in [0.1, 0.15) is 5.56 Å². The summed E-state index contributed by atoms with van der Waals surface area (Å²) in [7, 11) is -7.36. The molecule has 0 saturated carbocycles. The van der Waals surface area contributed by atoms with Gasteiger partial charge in [-0.1, -0.05) is 30.3 Å². The summed E-state index contributed by atoms with van der Waals surface area (Å²) in [5.74, 6) is 0. The number of benzene rings is 1. The Bertz CT molecular complexity index is 516. The van der Waals surface area contributed by atoms with Crippen molar-refractivity contribution in [2.45, 2.75) is 45.5 Å². The Balaban J connectivity index is 3.30. The fraction of sp³-hybridized carbons (Fsp3) is 0.467. The van der Waals surface area contributed by atoms with E-state index in [9.17, 15) is 13.2 Å². The lowest BCUT2D eigenvalue weighted by Gasteiger charge is -2.32. The van der Waals surface area contributed by atoms with Crippen LogP contribution in [0.3, 0.4) is 0 Å². The van der Waals surface area contributed by atoms with Gasteiger partial charge in [-0.3, -0.25) is 0 Å². The highest BCUT2D eigenvalue weighted by Crippen LogP contribution is 2.32. The smallest absolute Gasteiger partial charge is 0.413 e. The van der Waals surface area contributed by atoms with Crippen molar-refractivity contribution in [3.63, 3.8) is 0 Å². The van der Waals surface area contributed by atoms with Crippen LogP contribution < -0.4 is 0 Å². The third kappa shape index (κ3) is 8.11. The fourth-order valence-corrected chi connectivity index (χ4v) is 9.18. The van der Waals surface area contributed by atoms with Gasteiger partial charge >= 0.3 is 15.5 Å². The van der Waals surface area contributed by atoms with E-state index in [4.69, 9.17) is 8.23 Å². The molecule has 130 valence electrons. The predicted molar refractivity (Wildman–Crippen MR) is 96.5 cm³/mol. The molecule has 0 aliphatic rings. The SMILES string of the molecule is C[Si](C)(C)O[SiH](O[Si](C)(C)C)C(=Cc1ccccc1)C(F)(F)F. The van der Waals surface area contributed by atoms with Crippen LogP contribution >= 0.6 is 0 Å². The topological polar surface area (TPSA) is 18.5 Å². The molecule has 0 bridgehead atoms. The second-order valence-electron chi connectivity index (χ2n) is 7.30. The van der Waals surface area contributed by atoms with Crippen molar-refractivity contribution in [1.82, 2.24) is 0 Å². The molecule has 0 unspecified atom stereocenters. The molecule has 2 nitrogen and oxygen atoms in total. The van der Waals surface area contributed by atoms with Crippen LogP contribution in [0, 0.1) is 0 Å². The van der Waals surface area contributed by atoms with Gasteiger partial charge < -0.3 is 8.23 Å². The number of hydrogen-bond donors (Lipinski definition) is 0. The fourth-order valence-electron chi connectivity index (χ4n) is 1.81. The summed E-state index contributed by atoms with van der Waals surface area (Å²) in [5.41, 5.74) is 0.510. The maximum absolute atomic E-state index is 13.6. The van der Waals surface area contributed by atoms with Gasteiger partial charge in [-0.05, 0) is 50.9 Å². The molecule has 0 radical (unpaired) electrons. The lowest BCUT2D eigenvalue weighted by Crippen LogP contribution is -2.47. The maximum Gasteiger partial charge on any atom is 0.413 e. The zero-order valence-corrected chi connectivity index (χ0v) is 17.6. The molecule has 1 aromatic carbocycles. The number of alkyl halides is 3. The zero-order valence-electron chi connectivity index (χ0n) is 14.5. The molecule has 0 amide bonds. The van der Waals surface area contributed by atoms with Gasteiger partial charge in [0.1, 0.15) is 0 Å². The van der Waals surface area contributed by atoms with E-state index in [1.54, 1.807) is 30.3 Å². The summed E-state index contributed by atoms with van der Waals surface area (Å²) < 4.78 is 52.7. The number of rotatable bonds is 6. The molecule has 0 saturated heterocycles. The maximum atomic E-state index is 13.6. The first-order chi connectivity index (χ1) is 10.3. The highest BCUT2D eigenvalue weighted by atomic mass is 28.4. The van der Waals surface area contributed by atoms with Gasteiger partial charge in [0.05, 0.1) is 5.20 Å². The van der Waals surface area contributed by atoms with E-state index in [0.717, 1.165) is 0 Å². The van der Waals surface area contributed by atoms with Crippen molar-refractivity contribution in [2.24, 2.45) is 0 Å². The lowest BCUT2D eigenvalue weighted by molar-refractivity contribution is -0.0863. The highest BCUT2D eigenvalue weighted by molar-refractivity contribution is 6.83. The average Bonchev–Trinajstić information content (AvgIpc) is 2.31. The first-order valence-electron chi connectivity index (χ1n) is 7.47. The van der Waals surface area contributed by atoms with E-state index in [1.807, 2.05) is 39.3 Å². The molecule has 0 aliphatic heterocycles. The van der Waals surface area contributed by atoms with Gasteiger partial charge in [0.2, 0.25) is 0 Å². The molecule has 0 N–H and O–H groups in total. The minimum atomic E-state index is -4.45. The summed E-state index contributed by atoms with van der Waals surface area (Å²) in [6.45, 7) is 11.3. The zero-order chi connectivity index (χ0) is 17.9. The Labute approximate surface area is 140 Å². The van der Waals surface area contributed by atoms with Crippen LogP contribution in [0.5, 0.6) is 0 Å². The molecule has 0 atom stereocenters. The van der Waals surface area contributed by atoms with Crippen molar-refractivity contribution in [3.05, 3.63) is 41.1 Å². The van der Waals surface area contributed by atoms with E-state index in [2.05, 4.69) is 0 Å². The summed E-state index contributed by atoms with van der Waals surface area (Å²) in [4.78, 5) is 0. The van der Waals surface area contributed by atoms with Crippen molar-refractivity contribution in [3.8, 4) is 0 Å². The van der Waals surface area contributed by atoms with Crippen LogP contribution in [0.2, 0.25) is 39.3 Å². The Morgan fingerprint density at radius 3 is 1.70 bits per heavy atom. The first kappa shape index (κ1) is 20.4. The second-order valence-corrected chi connectivity index (χ2v) is 18.9. The van der Waals surface area contributed by atoms with Gasteiger partial charge in [0.25, 0.3) is 0 Å². The Morgan fingerprint density at radius 1 is 0.913 bits per heavy atom. The molecule has 0 spiro atoms. The van der Waals surface area contributed by atoms with Gasteiger partial charge in [0, 0.05) is 0 Å². The Kier molecular flexibility index (Phi) is 6.62. The van der Waals surface area contributed by atoms with Crippen LogP contribution in [-0.4, -0.2) is 32.1 Å². The average molecular weight is 379 g/mol. The minimum Gasteiger partial charge on any atom is -0.436 e. The van der Waals surface area contributed by atoms with E-state index in [-0.39, 0.29) is 0 Å². The second kappa shape index (κ2) is 7.47. The van der Waals surface area contributed by atoms with Crippen molar-refractivity contribution in [1.29, 1.82) is 0 Å². The lowest BCUT2D eigenvalue weighted by atomic mass is 10.2. The molecule has 1 aromatic rings. The largest absolute Gasteiger partial charge is 0.436 e. The van der Waals surface area contributed by atoms with Crippen LogP contribution in [0.25, 0.3) is 6.08 Å². The van der Waals surface area contributed by atoms with E-state index in [0.29, 0.717) is 5.56 Å². The van der Waals surface area contributed by atoms with Crippen LogP contribution in [0.15, 0.2) is 35.5 Å². The van der Waals surface area contributed by atoms with E-state index < -0.39 is 37.3 Å². The predicted octanol–water partition coefficient (Wildman–Crippen LogP) is 5.10. The van der Waals surface area contributed by atoms with Crippen molar-refractivity contribution >= 4 is 32.0 Å². The molecule has 0 aromatic heterocycles. The molecular formula is C15H25F3O2Si3. The van der Waals surface area contributed by atoms with Gasteiger partial charge in [-0.25, -0.2) is 0 Å². The first-order valence-corrected chi connectivity index (χ1v) is 15.8. The molecule has 0 heterocycles. The Hall–Kier alpha value is -0.679. The summed E-state index contributed by atoms with van der Waals surface area (Å²) in [6.07, 6.45) is -3.27. The molecule has 23 heavy (non-hydrogen) atoms. The van der Waals surface area contributed by atoms with Gasteiger partial charge in [0.15, 0.2) is 16.6 Å². The summed E-state index contributed by atoms with van der Waals surface area (Å²) >= 11 is 0. The van der Waals surface area contributed by atoms with E-state index >= 15 is 0 Å². The molecule has 1 rings (SSSR count). The third-order valence-electron chi connectivity index (χ3n) is 2.62. The molecule has 0 fully saturated rings. The van der Waals surface area contributed by atoms with Crippen molar-refractivity contribution < 1.29 is 21.4 Å². The summed E-state index contributed by atoms with van der Waals surface area (Å²) in [6, 6.07) is 8.52. The normalized spacial score (nSPS) is 14.4. The van der Waals surface area contributed by atoms with Gasteiger partial charge in [-0.2, -0.15) is 13.2 Å². The Morgan fingerprint density at radius 2 is 1.35 bits per heavy atom. The van der Waals surface area contributed by atoms with Crippen LogP contribution in [0.4, 0.5) is 13.2 Å². The quantitative estimate of drug-likeness (QED) is 0.642. The number of hydrogen-bond acceptors (Lipinski definition) is 2. The standard InChI is InChI=1S/C15H25F3O2Si3/c1-22(2,3)19-21(20-23(4,5)6)14(15(16,17)18)12-13-10-8-7-9-11-13/h7-12,21H,1-6H3. The van der Waals surface area contributed by atoms with Gasteiger partial charge in [-0.15, -0.1) is 0 Å². The van der Waals surface area contributed by atoms with Crippen LogP contribution in [-0.2, 0) is 8.23 Å². The molecule has 0 aliphatic carbocycles. The third-order valence-corrected chi connectivity index (χ3v) is 11.0. The molecular weight excluding hydrogens is 353 g/mol. The number of halogens is 3. The highest BCUT2D eigenvalue weighted by Gasteiger charge is 2.44. The number of allylic oxidation sites excluding steroid dienone is 1.